The first-order chi connectivity index (χ1) is 9.38. The molecule has 2 rings (SSSR count). The van der Waals surface area contributed by atoms with Gasteiger partial charge in [0.15, 0.2) is 17.3 Å². The lowest BCUT2D eigenvalue weighted by atomic mass is 10.2. The van der Waals surface area contributed by atoms with Gasteiger partial charge in [-0.2, -0.15) is 0 Å². The molecular formula is C14H14FNO4. The molecule has 0 spiro atoms. The van der Waals surface area contributed by atoms with E-state index in [9.17, 15) is 9.18 Å². The molecule has 106 valence electrons. The summed E-state index contributed by atoms with van der Waals surface area (Å²) in [7, 11) is 0. The number of oxazole rings is 1. The molecule has 2 aromatic rings. The van der Waals surface area contributed by atoms with Gasteiger partial charge in [0.1, 0.15) is 5.76 Å². The molecule has 1 heterocycles. The molecule has 0 amide bonds. The number of carbonyl (C=O) groups is 1. The van der Waals surface area contributed by atoms with Gasteiger partial charge in [-0.05, 0) is 39.0 Å². The quantitative estimate of drug-likeness (QED) is 0.929. The summed E-state index contributed by atoms with van der Waals surface area (Å²) in [6.45, 7) is 5.08. The van der Waals surface area contributed by atoms with Crippen LogP contribution in [0.25, 0.3) is 11.5 Å². The van der Waals surface area contributed by atoms with Crippen LogP contribution in [0.2, 0.25) is 0 Å². The third kappa shape index (κ3) is 2.79. The smallest absolute Gasteiger partial charge is 0.358 e. The molecule has 0 saturated heterocycles. The zero-order valence-corrected chi connectivity index (χ0v) is 11.3. The molecule has 1 aromatic heterocycles. The number of carboxylic acid groups (broad SMARTS) is 1. The van der Waals surface area contributed by atoms with Gasteiger partial charge in [-0.25, -0.2) is 14.2 Å². The number of aromatic carboxylic acids is 1. The molecule has 0 atom stereocenters. The van der Waals surface area contributed by atoms with Crippen LogP contribution >= 0.6 is 0 Å². The number of carboxylic acids is 1. The molecule has 1 N–H and O–H groups in total. The molecule has 0 aliphatic rings. The Bertz CT molecular complexity index is 649. The number of aryl methyl sites for hydroxylation is 1. The van der Waals surface area contributed by atoms with Crippen molar-refractivity contribution in [1.29, 1.82) is 0 Å². The van der Waals surface area contributed by atoms with Gasteiger partial charge in [0.05, 0.1) is 6.10 Å². The molecule has 0 saturated carbocycles. The molecule has 5 nitrogen and oxygen atoms in total. The fourth-order valence-electron chi connectivity index (χ4n) is 1.70. The van der Waals surface area contributed by atoms with E-state index in [2.05, 4.69) is 4.98 Å². The topological polar surface area (TPSA) is 72.6 Å². The second kappa shape index (κ2) is 5.32. The largest absolute Gasteiger partial charge is 0.488 e. The summed E-state index contributed by atoms with van der Waals surface area (Å²) < 4.78 is 24.4. The van der Waals surface area contributed by atoms with Gasteiger partial charge in [-0.1, -0.05) is 0 Å². The van der Waals surface area contributed by atoms with Gasteiger partial charge < -0.3 is 14.3 Å². The molecule has 0 aliphatic heterocycles. The lowest BCUT2D eigenvalue weighted by Crippen LogP contribution is -2.06. The van der Waals surface area contributed by atoms with E-state index in [4.69, 9.17) is 14.3 Å². The van der Waals surface area contributed by atoms with Crippen LogP contribution in [0.4, 0.5) is 4.39 Å². The van der Waals surface area contributed by atoms with Crippen LogP contribution < -0.4 is 4.74 Å². The second-order valence-corrected chi connectivity index (χ2v) is 4.54. The van der Waals surface area contributed by atoms with Crippen LogP contribution in [0.15, 0.2) is 22.6 Å². The highest BCUT2D eigenvalue weighted by Gasteiger charge is 2.18. The molecular weight excluding hydrogens is 265 g/mol. The summed E-state index contributed by atoms with van der Waals surface area (Å²) >= 11 is 0. The van der Waals surface area contributed by atoms with Crippen LogP contribution in [0.1, 0.15) is 30.1 Å². The molecule has 0 unspecified atom stereocenters. The van der Waals surface area contributed by atoms with Crippen molar-refractivity contribution in [3.05, 3.63) is 35.5 Å². The van der Waals surface area contributed by atoms with Gasteiger partial charge in [0.25, 0.3) is 0 Å². The summed E-state index contributed by atoms with van der Waals surface area (Å²) in [5.41, 5.74) is 0.178. The number of aromatic nitrogens is 1. The second-order valence-electron chi connectivity index (χ2n) is 4.54. The summed E-state index contributed by atoms with van der Waals surface area (Å²) in [5.74, 6) is -1.36. The van der Waals surface area contributed by atoms with Gasteiger partial charge in [-0.15, -0.1) is 0 Å². The van der Waals surface area contributed by atoms with Crippen LogP contribution in [-0.4, -0.2) is 22.2 Å². The molecule has 1 aromatic carbocycles. The minimum absolute atomic E-state index is 0.0647. The number of benzene rings is 1. The van der Waals surface area contributed by atoms with E-state index >= 15 is 0 Å². The fraction of sp³-hybridized carbons (Fsp3) is 0.286. The lowest BCUT2D eigenvalue weighted by molar-refractivity contribution is 0.0689. The number of hydrogen-bond donors (Lipinski definition) is 1. The summed E-state index contributed by atoms with van der Waals surface area (Å²) in [6, 6.07) is 4.23. The molecule has 0 fully saturated rings. The van der Waals surface area contributed by atoms with E-state index in [1.807, 2.05) is 0 Å². The molecule has 0 radical (unpaired) electrons. The van der Waals surface area contributed by atoms with Crippen molar-refractivity contribution in [1.82, 2.24) is 4.98 Å². The van der Waals surface area contributed by atoms with Crippen molar-refractivity contribution < 1.29 is 23.4 Å². The minimum atomic E-state index is -1.18. The Kier molecular flexibility index (Phi) is 3.74. The number of hydrogen-bond acceptors (Lipinski definition) is 4. The van der Waals surface area contributed by atoms with Crippen molar-refractivity contribution in [2.75, 3.05) is 0 Å². The van der Waals surface area contributed by atoms with Gasteiger partial charge in [-0.3, -0.25) is 0 Å². The Hall–Kier alpha value is -2.37. The maximum Gasteiger partial charge on any atom is 0.358 e. The number of rotatable bonds is 4. The zero-order valence-electron chi connectivity index (χ0n) is 11.3. The third-order valence-corrected chi connectivity index (χ3v) is 2.54. The van der Waals surface area contributed by atoms with E-state index in [1.165, 1.54) is 19.1 Å². The van der Waals surface area contributed by atoms with E-state index in [0.717, 1.165) is 0 Å². The maximum absolute atomic E-state index is 13.9. The maximum atomic E-state index is 13.9. The SMILES string of the molecule is Cc1oc(-c2ccc(OC(C)C)c(F)c2)nc1C(=O)O. The van der Waals surface area contributed by atoms with Crippen LogP contribution in [0, 0.1) is 12.7 Å². The average molecular weight is 279 g/mol. The highest BCUT2D eigenvalue weighted by molar-refractivity contribution is 5.87. The number of ether oxygens (including phenoxy) is 1. The van der Waals surface area contributed by atoms with Gasteiger partial charge in [0.2, 0.25) is 5.89 Å². The average Bonchev–Trinajstić information content (AvgIpc) is 2.73. The third-order valence-electron chi connectivity index (χ3n) is 2.54. The predicted octanol–water partition coefficient (Wildman–Crippen LogP) is 3.27. The first-order valence-electron chi connectivity index (χ1n) is 6.05. The van der Waals surface area contributed by atoms with E-state index in [1.54, 1.807) is 19.9 Å². The lowest BCUT2D eigenvalue weighted by Gasteiger charge is -2.10. The molecule has 6 heteroatoms. The molecule has 0 bridgehead atoms. The Morgan fingerprint density at radius 1 is 1.45 bits per heavy atom. The molecule has 20 heavy (non-hydrogen) atoms. The van der Waals surface area contributed by atoms with Crippen molar-refractivity contribution in [3.63, 3.8) is 0 Å². The predicted molar refractivity (Wildman–Crippen MR) is 69.4 cm³/mol. The first kappa shape index (κ1) is 14.0. The first-order valence-corrected chi connectivity index (χ1v) is 6.05. The summed E-state index contributed by atoms with van der Waals surface area (Å²) in [4.78, 5) is 14.7. The highest BCUT2D eigenvalue weighted by atomic mass is 19.1. The van der Waals surface area contributed by atoms with Crippen molar-refractivity contribution in [2.45, 2.75) is 26.9 Å². The summed E-state index contributed by atoms with van der Waals surface area (Å²) in [5, 5.41) is 8.91. The normalized spacial score (nSPS) is 10.8. The fourth-order valence-corrected chi connectivity index (χ4v) is 1.70. The standard InChI is InChI=1S/C14H14FNO4/c1-7(2)19-11-5-4-9(6-10(11)15)13-16-12(14(17)18)8(3)20-13/h4-7H,1-3H3,(H,17,18). The number of nitrogens with zero attached hydrogens (tertiary/aromatic N) is 1. The van der Waals surface area contributed by atoms with Crippen LogP contribution in [0.5, 0.6) is 5.75 Å². The van der Waals surface area contributed by atoms with Gasteiger partial charge >= 0.3 is 5.97 Å². The van der Waals surface area contributed by atoms with Gasteiger partial charge in [0, 0.05) is 5.56 Å². The van der Waals surface area contributed by atoms with E-state index in [0.29, 0.717) is 5.56 Å². The number of halogens is 1. The van der Waals surface area contributed by atoms with Crippen LogP contribution in [-0.2, 0) is 0 Å². The van der Waals surface area contributed by atoms with E-state index in [-0.39, 0.29) is 29.2 Å². The highest BCUT2D eigenvalue weighted by Crippen LogP contribution is 2.27. The van der Waals surface area contributed by atoms with Crippen molar-refractivity contribution in [2.24, 2.45) is 0 Å². The minimum Gasteiger partial charge on any atom is -0.488 e. The summed E-state index contributed by atoms with van der Waals surface area (Å²) in [6.07, 6.45) is -0.141. The Morgan fingerprint density at radius 3 is 2.65 bits per heavy atom. The monoisotopic (exact) mass is 279 g/mol. The Labute approximate surface area is 115 Å². The Morgan fingerprint density at radius 2 is 2.15 bits per heavy atom. The van der Waals surface area contributed by atoms with Crippen molar-refractivity contribution in [3.8, 4) is 17.2 Å². The van der Waals surface area contributed by atoms with E-state index < -0.39 is 11.8 Å². The Balaban J connectivity index is 2.36. The zero-order chi connectivity index (χ0) is 14.9. The van der Waals surface area contributed by atoms with Crippen molar-refractivity contribution >= 4 is 5.97 Å². The molecule has 0 aliphatic carbocycles. The van der Waals surface area contributed by atoms with Crippen LogP contribution in [0.3, 0.4) is 0 Å².